The summed E-state index contributed by atoms with van der Waals surface area (Å²) in [6, 6.07) is 7.76. The van der Waals surface area contributed by atoms with Crippen LogP contribution in [0.25, 0.3) is 0 Å². The molecule has 1 fully saturated rings. The van der Waals surface area contributed by atoms with Crippen molar-refractivity contribution in [2.45, 2.75) is 32.0 Å². The van der Waals surface area contributed by atoms with Gasteiger partial charge in [0.25, 0.3) is 0 Å². The quantitative estimate of drug-likeness (QED) is 0.658. The van der Waals surface area contributed by atoms with Crippen LogP contribution in [0.15, 0.2) is 24.3 Å². The second-order valence-electron chi connectivity index (χ2n) is 5.34. The summed E-state index contributed by atoms with van der Waals surface area (Å²) in [5.41, 5.74) is 1.14. The smallest absolute Gasteiger partial charge is 0.119 e. The summed E-state index contributed by atoms with van der Waals surface area (Å²) in [6.07, 6.45) is 1.42. The predicted molar refractivity (Wildman–Crippen MR) is 74.3 cm³/mol. The lowest BCUT2D eigenvalue weighted by Gasteiger charge is -2.15. The minimum absolute atomic E-state index is 0.260. The van der Waals surface area contributed by atoms with Gasteiger partial charge in [-0.3, -0.25) is 0 Å². The van der Waals surface area contributed by atoms with Crippen molar-refractivity contribution in [1.29, 1.82) is 0 Å². The van der Waals surface area contributed by atoms with Crippen molar-refractivity contribution in [1.82, 2.24) is 5.32 Å². The van der Waals surface area contributed by atoms with E-state index in [1.54, 1.807) is 0 Å². The standard InChI is InChI=1S/C15H23NO3/c1-11-3-2-4-14(7-11)19-10-13(17)8-16-9-15(18)12-5-6-12/h2-4,7,12-13,15-18H,5-6,8-10H2,1H3. The van der Waals surface area contributed by atoms with Gasteiger partial charge in [-0.05, 0) is 43.4 Å². The van der Waals surface area contributed by atoms with E-state index >= 15 is 0 Å². The van der Waals surface area contributed by atoms with E-state index < -0.39 is 6.10 Å². The topological polar surface area (TPSA) is 61.7 Å². The molecule has 1 aromatic carbocycles. The highest BCUT2D eigenvalue weighted by molar-refractivity contribution is 5.27. The molecular formula is C15H23NO3. The molecule has 0 aromatic heterocycles. The van der Waals surface area contributed by atoms with Gasteiger partial charge in [0, 0.05) is 13.1 Å². The lowest BCUT2D eigenvalue weighted by Crippen LogP contribution is -2.36. The largest absolute Gasteiger partial charge is 0.491 e. The Morgan fingerprint density at radius 2 is 2.11 bits per heavy atom. The number of benzene rings is 1. The third kappa shape index (κ3) is 5.19. The first-order valence-electron chi connectivity index (χ1n) is 6.91. The first-order valence-corrected chi connectivity index (χ1v) is 6.91. The molecule has 4 nitrogen and oxygen atoms in total. The molecule has 0 bridgehead atoms. The fourth-order valence-corrected chi connectivity index (χ4v) is 2.00. The number of rotatable bonds is 8. The molecule has 2 unspecified atom stereocenters. The van der Waals surface area contributed by atoms with Crippen LogP contribution in [0.5, 0.6) is 5.75 Å². The van der Waals surface area contributed by atoms with Crippen LogP contribution in [0, 0.1) is 12.8 Å². The number of aryl methyl sites for hydroxylation is 1. The highest BCUT2D eigenvalue weighted by atomic mass is 16.5. The third-order valence-electron chi connectivity index (χ3n) is 3.33. The SMILES string of the molecule is Cc1cccc(OCC(O)CNCC(O)C2CC2)c1. The molecule has 0 aliphatic heterocycles. The first kappa shape index (κ1) is 14.3. The first-order chi connectivity index (χ1) is 9.15. The average molecular weight is 265 g/mol. The van der Waals surface area contributed by atoms with Gasteiger partial charge in [0.15, 0.2) is 0 Å². The normalized spacial score (nSPS) is 18.1. The van der Waals surface area contributed by atoms with E-state index in [4.69, 9.17) is 4.74 Å². The molecular weight excluding hydrogens is 242 g/mol. The molecule has 19 heavy (non-hydrogen) atoms. The van der Waals surface area contributed by atoms with Gasteiger partial charge in [0.1, 0.15) is 18.5 Å². The zero-order chi connectivity index (χ0) is 13.7. The molecule has 0 spiro atoms. The Bertz CT molecular complexity index is 393. The molecule has 0 heterocycles. The molecule has 4 heteroatoms. The summed E-state index contributed by atoms with van der Waals surface area (Å²) < 4.78 is 5.51. The number of aliphatic hydroxyl groups excluding tert-OH is 2. The predicted octanol–water partition coefficient (Wildman–Crippen LogP) is 1.10. The van der Waals surface area contributed by atoms with Crippen LogP contribution in [-0.2, 0) is 0 Å². The van der Waals surface area contributed by atoms with E-state index in [0.29, 0.717) is 19.0 Å². The van der Waals surface area contributed by atoms with Gasteiger partial charge >= 0.3 is 0 Å². The van der Waals surface area contributed by atoms with Gasteiger partial charge in [0.2, 0.25) is 0 Å². The molecule has 1 saturated carbocycles. The van der Waals surface area contributed by atoms with Crippen molar-refractivity contribution in [3.8, 4) is 5.75 Å². The summed E-state index contributed by atoms with van der Waals surface area (Å²) in [4.78, 5) is 0. The van der Waals surface area contributed by atoms with Crippen LogP contribution < -0.4 is 10.1 Å². The van der Waals surface area contributed by atoms with Crippen molar-refractivity contribution in [3.05, 3.63) is 29.8 Å². The van der Waals surface area contributed by atoms with E-state index in [2.05, 4.69) is 5.32 Å². The van der Waals surface area contributed by atoms with Gasteiger partial charge in [-0.1, -0.05) is 12.1 Å². The molecule has 106 valence electrons. The number of hydrogen-bond acceptors (Lipinski definition) is 4. The van der Waals surface area contributed by atoms with Crippen LogP contribution in [-0.4, -0.2) is 42.1 Å². The Balaban J connectivity index is 1.60. The maximum Gasteiger partial charge on any atom is 0.119 e. The molecule has 1 aliphatic rings. The minimum atomic E-state index is -0.563. The zero-order valence-corrected chi connectivity index (χ0v) is 11.4. The molecule has 1 aromatic rings. The summed E-state index contributed by atoms with van der Waals surface area (Å²) in [5.74, 6) is 1.24. The second kappa shape index (κ2) is 6.89. The van der Waals surface area contributed by atoms with Gasteiger partial charge in [-0.2, -0.15) is 0 Å². The molecule has 0 saturated heterocycles. The highest BCUT2D eigenvalue weighted by Crippen LogP contribution is 2.32. The molecule has 2 atom stereocenters. The van der Waals surface area contributed by atoms with Crippen molar-refractivity contribution in [3.63, 3.8) is 0 Å². The molecule has 1 aliphatic carbocycles. The van der Waals surface area contributed by atoms with E-state index in [-0.39, 0.29) is 12.7 Å². The fraction of sp³-hybridized carbons (Fsp3) is 0.600. The van der Waals surface area contributed by atoms with Crippen molar-refractivity contribution in [2.75, 3.05) is 19.7 Å². The average Bonchev–Trinajstić information content (AvgIpc) is 3.20. The van der Waals surface area contributed by atoms with Gasteiger partial charge in [-0.25, -0.2) is 0 Å². The highest BCUT2D eigenvalue weighted by Gasteiger charge is 2.29. The number of ether oxygens (including phenoxy) is 1. The summed E-state index contributed by atoms with van der Waals surface area (Å²) >= 11 is 0. The van der Waals surface area contributed by atoms with Gasteiger partial charge in [0.05, 0.1) is 6.10 Å². The maximum atomic E-state index is 9.78. The van der Waals surface area contributed by atoms with Crippen LogP contribution in [0.1, 0.15) is 18.4 Å². The zero-order valence-electron chi connectivity index (χ0n) is 11.4. The Morgan fingerprint density at radius 3 is 2.79 bits per heavy atom. The van der Waals surface area contributed by atoms with Crippen LogP contribution in [0.2, 0.25) is 0 Å². The summed E-state index contributed by atoms with van der Waals surface area (Å²) in [6.45, 7) is 3.25. The van der Waals surface area contributed by atoms with Crippen LogP contribution in [0.3, 0.4) is 0 Å². The van der Waals surface area contributed by atoms with Gasteiger partial charge in [-0.15, -0.1) is 0 Å². The minimum Gasteiger partial charge on any atom is -0.491 e. The number of nitrogens with one attached hydrogen (secondary N) is 1. The Kier molecular flexibility index (Phi) is 5.19. The lowest BCUT2D eigenvalue weighted by atomic mass is 10.2. The van der Waals surface area contributed by atoms with Crippen molar-refractivity contribution >= 4 is 0 Å². The lowest BCUT2D eigenvalue weighted by molar-refractivity contribution is 0.0966. The van der Waals surface area contributed by atoms with Crippen molar-refractivity contribution in [2.24, 2.45) is 5.92 Å². The fourth-order valence-electron chi connectivity index (χ4n) is 2.00. The Labute approximate surface area is 114 Å². The number of hydrogen-bond donors (Lipinski definition) is 3. The monoisotopic (exact) mass is 265 g/mol. The third-order valence-corrected chi connectivity index (χ3v) is 3.33. The summed E-state index contributed by atoms with van der Waals surface area (Å²) in [5, 5.41) is 22.5. The van der Waals surface area contributed by atoms with Crippen LogP contribution >= 0.6 is 0 Å². The van der Waals surface area contributed by atoms with Crippen LogP contribution in [0.4, 0.5) is 0 Å². The molecule has 0 radical (unpaired) electrons. The van der Waals surface area contributed by atoms with Gasteiger partial charge < -0.3 is 20.3 Å². The van der Waals surface area contributed by atoms with E-state index in [0.717, 1.165) is 24.2 Å². The molecule has 3 N–H and O–H groups in total. The maximum absolute atomic E-state index is 9.78. The Morgan fingerprint density at radius 1 is 1.32 bits per heavy atom. The molecule has 2 rings (SSSR count). The Hall–Kier alpha value is -1.10. The van der Waals surface area contributed by atoms with E-state index in [9.17, 15) is 10.2 Å². The summed E-state index contributed by atoms with van der Waals surface area (Å²) in [7, 11) is 0. The second-order valence-corrected chi connectivity index (χ2v) is 5.34. The molecule has 0 amide bonds. The van der Waals surface area contributed by atoms with E-state index in [1.165, 1.54) is 0 Å². The number of aliphatic hydroxyl groups is 2. The van der Waals surface area contributed by atoms with Crippen molar-refractivity contribution < 1.29 is 14.9 Å². The van der Waals surface area contributed by atoms with E-state index in [1.807, 2.05) is 31.2 Å².